The molecule has 2 radical (unpaired) electrons. The SMILES string of the molecule is [B]OC(=O)NC(C(=O)N1CCCC1C(N)=O)C(C)(C)C. The third-order valence-corrected chi connectivity index (χ3v) is 3.35. The van der Waals surface area contributed by atoms with Crippen LogP contribution in [0.5, 0.6) is 0 Å². The number of primary amides is 1. The van der Waals surface area contributed by atoms with Gasteiger partial charge in [-0.25, -0.2) is 4.79 Å². The molecule has 0 aromatic carbocycles. The summed E-state index contributed by atoms with van der Waals surface area (Å²) in [6.45, 7) is 5.82. The van der Waals surface area contributed by atoms with E-state index in [2.05, 4.69) is 9.97 Å². The predicted octanol–water partition coefficient (Wildman–Crippen LogP) is -0.313. The van der Waals surface area contributed by atoms with E-state index in [4.69, 9.17) is 13.8 Å². The van der Waals surface area contributed by atoms with Crippen LogP contribution in [0.3, 0.4) is 0 Å². The molecule has 2 unspecified atom stereocenters. The minimum atomic E-state index is -0.895. The number of likely N-dealkylation sites (tertiary alicyclic amines) is 1. The second-order valence-electron chi connectivity index (χ2n) is 5.94. The Morgan fingerprint density at radius 3 is 2.45 bits per heavy atom. The summed E-state index contributed by atoms with van der Waals surface area (Å²) in [7, 11) is 4.78. The highest BCUT2D eigenvalue weighted by atomic mass is 16.5. The maximum absolute atomic E-state index is 12.6. The van der Waals surface area contributed by atoms with Crippen LogP contribution < -0.4 is 11.1 Å². The van der Waals surface area contributed by atoms with Crippen LogP contribution in [-0.4, -0.2) is 49.5 Å². The lowest BCUT2D eigenvalue weighted by atomic mass is 9.85. The van der Waals surface area contributed by atoms with E-state index < -0.39 is 29.5 Å². The fourth-order valence-corrected chi connectivity index (χ4v) is 2.29. The molecule has 3 N–H and O–H groups in total. The lowest BCUT2D eigenvalue weighted by Crippen LogP contribution is -2.57. The van der Waals surface area contributed by atoms with E-state index in [1.165, 1.54) is 4.90 Å². The van der Waals surface area contributed by atoms with Crippen molar-refractivity contribution >= 4 is 26.0 Å². The van der Waals surface area contributed by atoms with Crippen LogP contribution in [0.25, 0.3) is 0 Å². The van der Waals surface area contributed by atoms with Crippen LogP contribution in [0.15, 0.2) is 0 Å². The summed E-state index contributed by atoms with van der Waals surface area (Å²) in [5.74, 6) is -0.894. The Bertz CT molecular complexity index is 408. The number of nitrogens with two attached hydrogens (primary N) is 1. The predicted molar refractivity (Wildman–Crippen MR) is 72.5 cm³/mol. The van der Waals surface area contributed by atoms with Crippen LogP contribution in [0.1, 0.15) is 33.6 Å². The molecule has 1 aliphatic heterocycles. The second kappa shape index (κ2) is 6.15. The Kier molecular flexibility index (Phi) is 5.02. The van der Waals surface area contributed by atoms with E-state index in [-0.39, 0.29) is 5.91 Å². The third kappa shape index (κ3) is 3.65. The van der Waals surface area contributed by atoms with Crippen molar-refractivity contribution in [1.29, 1.82) is 0 Å². The monoisotopic (exact) mass is 281 g/mol. The molecule has 0 saturated carbocycles. The van der Waals surface area contributed by atoms with Crippen molar-refractivity contribution in [2.24, 2.45) is 11.1 Å². The summed E-state index contributed by atoms with van der Waals surface area (Å²) in [5, 5.41) is 2.41. The normalized spacial score (nSPS) is 20.4. The van der Waals surface area contributed by atoms with E-state index in [0.717, 1.165) is 0 Å². The molecule has 1 aliphatic rings. The average molecular weight is 281 g/mol. The van der Waals surface area contributed by atoms with Gasteiger partial charge >= 0.3 is 14.1 Å². The molecule has 0 aromatic rings. The molecule has 1 heterocycles. The van der Waals surface area contributed by atoms with Gasteiger partial charge in [-0.05, 0) is 18.3 Å². The van der Waals surface area contributed by atoms with Crippen molar-refractivity contribution in [1.82, 2.24) is 10.2 Å². The molecular weight excluding hydrogens is 261 g/mol. The molecule has 7 nitrogen and oxygen atoms in total. The zero-order chi connectivity index (χ0) is 15.5. The lowest BCUT2D eigenvalue weighted by molar-refractivity contribution is -0.141. The van der Waals surface area contributed by atoms with Gasteiger partial charge in [0.2, 0.25) is 11.8 Å². The first kappa shape index (κ1) is 16.3. The molecular formula is C12H20BN3O4. The fraction of sp³-hybridized carbons (Fsp3) is 0.750. The molecule has 0 bridgehead atoms. The molecule has 1 fully saturated rings. The van der Waals surface area contributed by atoms with Crippen LogP contribution >= 0.6 is 0 Å². The molecule has 1 saturated heterocycles. The number of nitrogens with zero attached hydrogens (tertiary/aromatic N) is 1. The molecule has 3 amide bonds. The Balaban J connectivity index is 2.93. The first-order valence-corrected chi connectivity index (χ1v) is 6.45. The van der Waals surface area contributed by atoms with Gasteiger partial charge in [0, 0.05) is 6.54 Å². The summed E-state index contributed by atoms with van der Waals surface area (Å²) in [5.41, 5.74) is 4.74. The van der Waals surface area contributed by atoms with Crippen LogP contribution in [-0.2, 0) is 14.2 Å². The Labute approximate surface area is 119 Å². The van der Waals surface area contributed by atoms with Crippen molar-refractivity contribution in [3.05, 3.63) is 0 Å². The summed E-state index contributed by atoms with van der Waals surface area (Å²) in [4.78, 5) is 36.6. The van der Waals surface area contributed by atoms with Gasteiger partial charge in [-0.15, -0.1) is 0 Å². The van der Waals surface area contributed by atoms with Crippen LogP contribution in [0, 0.1) is 5.41 Å². The van der Waals surface area contributed by atoms with Crippen molar-refractivity contribution in [2.45, 2.75) is 45.7 Å². The molecule has 0 aliphatic carbocycles. The highest BCUT2D eigenvalue weighted by Crippen LogP contribution is 2.25. The average Bonchev–Trinajstić information content (AvgIpc) is 2.82. The maximum atomic E-state index is 12.6. The highest BCUT2D eigenvalue weighted by molar-refractivity contribution is 6.05. The maximum Gasteiger partial charge on any atom is 0.389 e. The van der Waals surface area contributed by atoms with E-state index in [1.54, 1.807) is 20.8 Å². The number of hydrogen-bond donors (Lipinski definition) is 2. The minimum absolute atomic E-state index is 0.357. The minimum Gasteiger partial charge on any atom is -0.528 e. The summed E-state index contributed by atoms with van der Waals surface area (Å²) < 4.78 is 4.05. The number of hydrogen-bond acceptors (Lipinski definition) is 4. The molecule has 8 heteroatoms. The second-order valence-corrected chi connectivity index (χ2v) is 5.94. The molecule has 0 aromatic heterocycles. The topological polar surface area (TPSA) is 102 Å². The van der Waals surface area contributed by atoms with Crippen molar-refractivity contribution in [3.63, 3.8) is 0 Å². The Hall–Kier alpha value is -1.73. The largest absolute Gasteiger partial charge is 0.528 e. The lowest BCUT2D eigenvalue weighted by Gasteiger charge is -2.34. The molecule has 20 heavy (non-hydrogen) atoms. The van der Waals surface area contributed by atoms with Gasteiger partial charge in [0.15, 0.2) is 0 Å². The van der Waals surface area contributed by atoms with E-state index in [9.17, 15) is 14.4 Å². The fourth-order valence-electron chi connectivity index (χ4n) is 2.29. The molecule has 2 atom stereocenters. The first-order chi connectivity index (χ1) is 9.18. The van der Waals surface area contributed by atoms with E-state index in [0.29, 0.717) is 19.4 Å². The molecule has 1 rings (SSSR count). The van der Waals surface area contributed by atoms with E-state index >= 15 is 0 Å². The van der Waals surface area contributed by atoms with Gasteiger partial charge in [-0.2, -0.15) is 0 Å². The number of carbonyl (C=O) groups is 3. The third-order valence-electron chi connectivity index (χ3n) is 3.35. The van der Waals surface area contributed by atoms with E-state index in [1.807, 2.05) is 0 Å². The quantitative estimate of drug-likeness (QED) is 0.692. The first-order valence-electron chi connectivity index (χ1n) is 6.45. The summed E-state index contributed by atoms with van der Waals surface area (Å²) in [6, 6.07) is -1.47. The number of carbonyl (C=O) groups excluding carboxylic acids is 3. The highest BCUT2D eigenvalue weighted by Gasteiger charge is 2.41. The smallest absolute Gasteiger partial charge is 0.389 e. The Morgan fingerprint density at radius 2 is 2.00 bits per heavy atom. The van der Waals surface area contributed by atoms with Crippen molar-refractivity contribution < 1.29 is 19.0 Å². The number of amides is 3. The van der Waals surface area contributed by atoms with Gasteiger partial charge in [-0.1, -0.05) is 20.8 Å². The van der Waals surface area contributed by atoms with Crippen molar-refractivity contribution in [3.8, 4) is 0 Å². The van der Waals surface area contributed by atoms with Gasteiger partial charge in [0.25, 0.3) is 0 Å². The van der Waals surface area contributed by atoms with Gasteiger partial charge < -0.3 is 20.6 Å². The molecule has 0 spiro atoms. The zero-order valence-corrected chi connectivity index (χ0v) is 12.0. The standard InChI is InChI=1S/C12H20BN3O4/c1-12(2,3)8(15-11(19)20-13)10(18)16-6-4-5-7(16)9(14)17/h7-8H,4-6H2,1-3H3,(H2,14,17)(H,15,19). The molecule has 110 valence electrons. The number of rotatable bonds is 3. The Morgan fingerprint density at radius 1 is 1.40 bits per heavy atom. The van der Waals surface area contributed by atoms with Gasteiger partial charge in [0.05, 0.1) is 0 Å². The zero-order valence-electron chi connectivity index (χ0n) is 12.0. The number of nitrogens with one attached hydrogen (secondary N) is 1. The van der Waals surface area contributed by atoms with Crippen LogP contribution in [0.4, 0.5) is 4.79 Å². The van der Waals surface area contributed by atoms with Gasteiger partial charge in [0.1, 0.15) is 12.1 Å². The summed E-state index contributed by atoms with van der Waals surface area (Å²) >= 11 is 0. The van der Waals surface area contributed by atoms with Crippen LogP contribution in [0.2, 0.25) is 0 Å². The van der Waals surface area contributed by atoms with Gasteiger partial charge in [-0.3, -0.25) is 9.59 Å². The van der Waals surface area contributed by atoms with Crippen molar-refractivity contribution in [2.75, 3.05) is 6.54 Å². The summed E-state index contributed by atoms with van der Waals surface area (Å²) in [6.07, 6.45) is 0.352.